The number of hydrogen-bond acceptors (Lipinski definition) is 2. The molecule has 1 aromatic heterocycles. The lowest BCUT2D eigenvalue weighted by Crippen LogP contribution is -2.39. The van der Waals surface area contributed by atoms with Crippen LogP contribution in [0.1, 0.15) is 42.5 Å². The molecule has 0 radical (unpaired) electrons. The van der Waals surface area contributed by atoms with Crippen molar-refractivity contribution in [2.75, 3.05) is 0 Å². The standard InChI is InChI=1S/C18H24N2O2/c1-12(2)17(15-8-6-5-7-9-15)20-18(21)19-11-16-10-13(3)22-14(16)4/h5-10,12,17H,11H2,1-4H3,(H2,19,20,21). The zero-order valence-electron chi connectivity index (χ0n) is 13.6. The van der Waals surface area contributed by atoms with Crippen LogP contribution in [-0.2, 0) is 6.54 Å². The van der Waals surface area contributed by atoms with E-state index < -0.39 is 0 Å². The van der Waals surface area contributed by atoms with Crippen LogP contribution in [0.2, 0.25) is 0 Å². The molecule has 2 rings (SSSR count). The molecule has 4 heteroatoms. The van der Waals surface area contributed by atoms with Crippen LogP contribution in [0.5, 0.6) is 0 Å². The highest BCUT2D eigenvalue weighted by molar-refractivity contribution is 5.74. The number of urea groups is 1. The maximum atomic E-state index is 12.2. The predicted molar refractivity (Wildman–Crippen MR) is 87.6 cm³/mol. The number of amides is 2. The first kappa shape index (κ1) is 16.1. The summed E-state index contributed by atoms with van der Waals surface area (Å²) in [5, 5.41) is 5.95. The van der Waals surface area contributed by atoms with E-state index in [-0.39, 0.29) is 12.1 Å². The molecule has 2 amide bonds. The molecule has 0 aliphatic heterocycles. The zero-order chi connectivity index (χ0) is 16.1. The normalized spacial score (nSPS) is 12.2. The highest BCUT2D eigenvalue weighted by atomic mass is 16.3. The lowest BCUT2D eigenvalue weighted by Gasteiger charge is -2.23. The van der Waals surface area contributed by atoms with Gasteiger partial charge in [0.1, 0.15) is 11.5 Å². The fourth-order valence-electron chi connectivity index (χ4n) is 2.52. The first-order valence-corrected chi connectivity index (χ1v) is 7.62. The van der Waals surface area contributed by atoms with Crippen LogP contribution < -0.4 is 10.6 Å². The second-order valence-electron chi connectivity index (χ2n) is 5.90. The third-order valence-corrected chi connectivity index (χ3v) is 3.70. The number of aryl methyl sites for hydroxylation is 2. The van der Waals surface area contributed by atoms with Gasteiger partial charge in [-0.25, -0.2) is 4.79 Å². The van der Waals surface area contributed by atoms with Crippen LogP contribution in [0, 0.1) is 19.8 Å². The molecule has 2 aromatic rings. The second-order valence-corrected chi connectivity index (χ2v) is 5.90. The minimum Gasteiger partial charge on any atom is -0.466 e. The number of benzene rings is 1. The van der Waals surface area contributed by atoms with Gasteiger partial charge in [0, 0.05) is 12.1 Å². The summed E-state index contributed by atoms with van der Waals surface area (Å²) in [5.74, 6) is 2.02. The lowest BCUT2D eigenvalue weighted by molar-refractivity contribution is 0.232. The van der Waals surface area contributed by atoms with Crippen LogP contribution in [0.15, 0.2) is 40.8 Å². The third-order valence-electron chi connectivity index (χ3n) is 3.70. The molecule has 0 saturated carbocycles. The predicted octanol–water partition coefficient (Wildman–Crippen LogP) is 4.09. The van der Waals surface area contributed by atoms with Gasteiger partial charge in [0.25, 0.3) is 0 Å². The maximum absolute atomic E-state index is 12.2. The summed E-state index contributed by atoms with van der Waals surface area (Å²) in [7, 11) is 0. The van der Waals surface area contributed by atoms with Gasteiger partial charge in [0.15, 0.2) is 0 Å². The van der Waals surface area contributed by atoms with Gasteiger partial charge in [-0.3, -0.25) is 0 Å². The Hall–Kier alpha value is -2.23. The van der Waals surface area contributed by atoms with Crippen molar-refractivity contribution < 1.29 is 9.21 Å². The Labute approximate surface area is 131 Å². The molecule has 1 aromatic carbocycles. The van der Waals surface area contributed by atoms with Gasteiger partial charge >= 0.3 is 6.03 Å². The van der Waals surface area contributed by atoms with Crippen LogP contribution in [0.3, 0.4) is 0 Å². The number of furan rings is 1. The Morgan fingerprint density at radius 3 is 2.41 bits per heavy atom. The van der Waals surface area contributed by atoms with Crippen molar-refractivity contribution >= 4 is 6.03 Å². The number of carbonyl (C=O) groups excluding carboxylic acids is 1. The van der Waals surface area contributed by atoms with Crippen molar-refractivity contribution in [3.8, 4) is 0 Å². The van der Waals surface area contributed by atoms with Gasteiger partial charge in [-0.2, -0.15) is 0 Å². The minimum absolute atomic E-state index is 0.00613. The Bertz CT molecular complexity index is 617. The van der Waals surface area contributed by atoms with Gasteiger partial charge in [0.05, 0.1) is 6.04 Å². The minimum atomic E-state index is -0.166. The molecular weight excluding hydrogens is 276 g/mol. The van der Waals surface area contributed by atoms with Crippen molar-refractivity contribution in [3.05, 3.63) is 59.0 Å². The Morgan fingerprint density at radius 1 is 1.18 bits per heavy atom. The van der Waals surface area contributed by atoms with Gasteiger partial charge < -0.3 is 15.1 Å². The molecule has 118 valence electrons. The average Bonchev–Trinajstić information content (AvgIpc) is 2.81. The van der Waals surface area contributed by atoms with Crippen molar-refractivity contribution in [3.63, 3.8) is 0 Å². The third kappa shape index (κ3) is 4.13. The molecule has 0 spiro atoms. The summed E-state index contributed by atoms with van der Waals surface area (Å²) >= 11 is 0. The molecule has 0 aliphatic rings. The van der Waals surface area contributed by atoms with Gasteiger partial charge in [-0.15, -0.1) is 0 Å². The molecule has 1 unspecified atom stereocenters. The van der Waals surface area contributed by atoms with Gasteiger partial charge in [-0.05, 0) is 31.4 Å². The summed E-state index contributed by atoms with van der Waals surface area (Å²) in [6, 6.07) is 11.8. The van der Waals surface area contributed by atoms with E-state index >= 15 is 0 Å². The van der Waals surface area contributed by atoms with E-state index in [0.717, 1.165) is 22.6 Å². The van der Waals surface area contributed by atoms with Crippen molar-refractivity contribution in [2.24, 2.45) is 5.92 Å². The van der Waals surface area contributed by atoms with E-state index in [9.17, 15) is 4.79 Å². The Morgan fingerprint density at radius 2 is 1.86 bits per heavy atom. The smallest absolute Gasteiger partial charge is 0.315 e. The van der Waals surface area contributed by atoms with E-state index in [1.54, 1.807) is 0 Å². The van der Waals surface area contributed by atoms with Crippen molar-refractivity contribution in [1.29, 1.82) is 0 Å². The van der Waals surface area contributed by atoms with E-state index in [1.165, 1.54) is 0 Å². The fourth-order valence-corrected chi connectivity index (χ4v) is 2.52. The molecule has 0 saturated heterocycles. The molecule has 2 N–H and O–H groups in total. The molecule has 0 bridgehead atoms. The van der Waals surface area contributed by atoms with Crippen molar-refractivity contribution in [2.45, 2.75) is 40.3 Å². The molecule has 0 aliphatic carbocycles. The summed E-state index contributed by atoms with van der Waals surface area (Å²) in [6.07, 6.45) is 0. The molecule has 22 heavy (non-hydrogen) atoms. The average molecular weight is 300 g/mol. The van der Waals surface area contributed by atoms with Crippen LogP contribution >= 0.6 is 0 Å². The molecule has 4 nitrogen and oxygen atoms in total. The largest absolute Gasteiger partial charge is 0.466 e. The topological polar surface area (TPSA) is 54.3 Å². The Kier molecular flexibility index (Phi) is 5.26. The number of carbonyl (C=O) groups is 1. The quantitative estimate of drug-likeness (QED) is 0.873. The first-order chi connectivity index (χ1) is 10.5. The van der Waals surface area contributed by atoms with E-state index in [2.05, 4.69) is 24.5 Å². The van der Waals surface area contributed by atoms with E-state index in [4.69, 9.17) is 4.42 Å². The lowest BCUT2D eigenvalue weighted by atomic mass is 9.96. The maximum Gasteiger partial charge on any atom is 0.315 e. The summed E-state index contributed by atoms with van der Waals surface area (Å²) < 4.78 is 5.46. The highest BCUT2D eigenvalue weighted by Crippen LogP contribution is 2.21. The number of nitrogens with one attached hydrogen (secondary N) is 2. The summed E-state index contributed by atoms with van der Waals surface area (Å²) in [4.78, 5) is 12.2. The van der Waals surface area contributed by atoms with Crippen molar-refractivity contribution in [1.82, 2.24) is 10.6 Å². The molecule has 1 heterocycles. The number of rotatable bonds is 5. The molecular formula is C18H24N2O2. The second kappa shape index (κ2) is 7.16. The monoisotopic (exact) mass is 300 g/mol. The fraction of sp³-hybridized carbons (Fsp3) is 0.389. The molecule has 0 fully saturated rings. The number of hydrogen-bond donors (Lipinski definition) is 2. The van der Waals surface area contributed by atoms with Crippen LogP contribution in [-0.4, -0.2) is 6.03 Å². The summed E-state index contributed by atoms with van der Waals surface area (Å²) in [5.41, 5.74) is 2.12. The SMILES string of the molecule is Cc1cc(CNC(=O)NC(c2ccccc2)C(C)C)c(C)o1. The first-order valence-electron chi connectivity index (χ1n) is 7.62. The zero-order valence-corrected chi connectivity index (χ0v) is 13.6. The van der Waals surface area contributed by atoms with Crippen LogP contribution in [0.4, 0.5) is 4.79 Å². The van der Waals surface area contributed by atoms with E-state index in [0.29, 0.717) is 12.5 Å². The summed E-state index contributed by atoms with van der Waals surface area (Å²) in [6.45, 7) is 8.47. The highest BCUT2D eigenvalue weighted by Gasteiger charge is 2.18. The Balaban J connectivity index is 1.96. The van der Waals surface area contributed by atoms with Gasteiger partial charge in [0.2, 0.25) is 0 Å². The molecule has 1 atom stereocenters. The van der Waals surface area contributed by atoms with E-state index in [1.807, 2.05) is 50.2 Å². The van der Waals surface area contributed by atoms with Crippen LogP contribution in [0.25, 0.3) is 0 Å². The van der Waals surface area contributed by atoms with Gasteiger partial charge in [-0.1, -0.05) is 44.2 Å².